The second kappa shape index (κ2) is 5.37. The average Bonchev–Trinajstić information content (AvgIpc) is 2.33. The fraction of sp³-hybridized carbons (Fsp3) is 0.583. The van der Waals surface area contributed by atoms with Crippen LogP contribution in [-0.4, -0.2) is 24.0 Å². The molecule has 0 amide bonds. The molecule has 0 N–H and O–H groups in total. The van der Waals surface area contributed by atoms with Crippen molar-refractivity contribution < 1.29 is 0 Å². The van der Waals surface area contributed by atoms with Crippen LogP contribution in [0.1, 0.15) is 18.4 Å². The molecule has 0 unspecified atom stereocenters. The molecule has 1 aliphatic heterocycles. The molecule has 0 bridgehead atoms. The highest BCUT2D eigenvalue weighted by atomic mass is 79.9. The molecular formula is C12H16BrClN2. The predicted molar refractivity (Wildman–Crippen MR) is 72.3 cm³/mol. The van der Waals surface area contributed by atoms with Crippen LogP contribution in [0.15, 0.2) is 16.7 Å². The number of nitrogens with zero attached hydrogens (tertiary/aromatic N) is 2. The summed E-state index contributed by atoms with van der Waals surface area (Å²) in [5.74, 6) is 2.55. The summed E-state index contributed by atoms with van der Waals surface area (Å²) in [7, 11) is 0. The van der Waals surface area contributed by atoms with Gasteiger partial charge in [-0.3, -0.25) is 0 Å². The lowest BCUT2D eigenvalue weighted by molar-refractivity contribution is 0.440. The summed E-state index contributed by atoms with van der Waals surface area (Å²) < 4.78 is 1.12. The van der Waals surface area contributed by atoms with Gasteiger partial charge in [0.05, 0.1) is 4.47 Å². The van der Waals surface area contributed by atoms with Gasteiger partial charge in [-0.2, -0.15) is 0 Å². The maximum atomic E-state index is 5.89. The second-order valence-corrected chi connectivity index (χ2v) is 5.45. The van der Waals surface area contributed by atoms with Crippen LogP contribution < -0.4 is 4.90 Å². The summed E-state index contributed by atoms with van der Waals surface area (Å²) >= 11 is 9.50. The Kier molecular flexibility index (Phi) is 4.09. The first-order valence-corrected chi connectivity index (χ1v) is 6.97. The van der Waals surface area contributed by atoms with Gasteiger partial charge in [0, 0.05) is 25.2 Å². The van der Waals surface area contributed by atoms with Crippen LogP contribution >= 0.6 is 27.5 Å². The molecule has 16 heavy (non-hydrogen) atoms. The Hall–Kier alpha value is -0.280. The third-order valence-electron chi connectivity index (χ3n) is 3.20. The minimum absolute atomic E-state index is 0.682. The summed E-state index contributed by atoms with van der Waals surface area (Å²) in [5, 5.41) is 0. The van der Waals surface area contributed by atoms with Crippen LogP contribution in [0.4, 0.5) is 5.82 Å². The second-order valence-electron chi connectivity index (χ2n) is 4.35. The predicted octanol–water partition coefficient (Wildman–Crippen LogP) is 3.61. The van der Waals surface area contributed by atoms with Crippen molar-refractivity contribution in [2.24, 2.45) is 5.92 Å². The maximum absolute atomic E-state index is 5.89. The number of rotatable bonds is 2. The smallest absolute Gasteiger partial charge is 0.143 e. The van der Waals surface area contributed by atoms with E-state index in [9.17, 15) is 0 Å². The molecule has 88 valence electrons. The first-order valence-electron chi connectivity index (χ1n) is 5.64. The zero-order chi connectivity index (χ0) is 11.5. The van der Waals surface area contributed by atoms with E-state index in [1.807, 2.05) is 12.3 Å². The van der Waals surface area contributed by atoms with Gasteiger partial charge >= 0.3 is 0 Å². The molecule has 1 aliphatic rings. The van der Waals surface area contributed by atoms with Crippen molar-refractivity contribution in [3.05, 3.63) is 22.3 Å². The van der Waals surface area contributed by atoms with Crippen LogP contribution in [0.25, 0.3) is 0 Å². The fourth-order valence-corrected chi connectivity index (χ4v) is 2.84. The number of aryl methyl sites for hydroxylation is 1. The number of pyridine rings is 1. The number of hydrogen-bond donors (Lipinski definition) is 0. The molecule has 1 aromatic rings. The molecular weight excluding hydrogens is 288 g/mol. The molecule has 2 nitrogen and oxygen atoms in total. The van der Waals surface area contributed by atoms with Gasteiger partial charge in [-0.15, -0.1) is 11.6 Å². The summed E-state index contributed by atoms with van der Waals surface area (Å²) in [5.41, 5.74) is 1.24. The average molecular weight is 304 g/mol. The summed E-state index contributed by atoms with van der Waals surface area (Å²) in [6.45, 7) is 4.22. The molecule has 0 spiro atoms. The molecule has 1 saturated heterocycles. The molecule has 0 aliphatic carbocycles. The third kappa shape index (κ3) is 2.51. The van der Waals surface area contributed by atoms with Gasteiger partial charge in [0.25, 0.3) is 0 Å². The normalized spacial score (nSPS) is 17.8. The van der Waals surface area contributed by atoms with Gasteiger partial charge in [-0.05, 0) is 53.2 Å². The highest BCUT2D eigenvalue weighted by molar-refractivity contribution is 9.10. The molecule has 1 aromatic heterocycles. The van der Waals surface area contributed by atoms with Crippen LogP contribution in [-0.2, 0) is 0 Å². The van der Waals surface area contributed by atoms with Crippen molar-refractivity contribution >= 4 is 33.3 Å². The van der Waals surface area contributed by atoms with Crippen LogP contribution in [0.3, 0.4) is 0 Å². The lowest BCUT2D eigenvalue weighted by Crippen LogP contribution is -2.35. The molecule has 2 rings (SSSR count). The van der Waals surface area contributed by atoms with E-state index >= 15 is 0 Å². The Morgan fingerprint density at radius 1 is 1.50 bits per heavy atom. The largest absolute Gasteiger partial charge is 0.356 e. The molecule has 1 fully saturated rings. The Morgan fingerprint density at radius 2 is 2.19 bits per heavy atom. The van der Waals surface area contributed by atoms with Gasteiger partial charge in [-0.1, -0.05) is 0 Å². The molecule has 0 radical (unpaired) electrons. The molecule has 4 heteroatoms. The van der Waals surface area contributed by atoms with E-state index in [1.165, 1.54) is 18.4 Å². The highest BCUT2D eigenvalue weighted by Crippen LogP contribution is 2.30. The van der Waals surface area contributed by atoms with E-state index < -0.39 is 0 Å². The Balaban J connectivity index is 2.11. The lowest BCUT2D eigenvalue weighted by atomic mass is 9.99. The minimum Gasteiger partial charge on any atom is -0.356 e. The lowest BCUT2D eigenvalue weighted by Gasteiger charge is -2.32. The standard InChI is InChI=1S/C12H16BrClN2/c1-9-2-5-15-12(11(9)13)16-6-3-10(8-14)4-7-16/h2,5,10H,3-4,6-8H2,1H3. The number of halogens is 2. The summed E-state index contributed by atoms with van der Waals surface area (Å²) in [4.78, 5) is 6.81. The van der Waals surface area contributed by atoms with Gasteiger partial charge < -0.3 is 4.90 Å². The van der Waals surface area contributed by atoms with Crippen LogP contribution in [0.5, 0.6) is 0 Å². The number of anilines is 1. The SMILES string of the molecule is Cc1ccnc(N2CCC(CCl)CC2)c1Br. The van der Waals surface area contributed by atoms with Crippen molar-refractivity contribution in [2.75, 3.05) is 23.9 Å². The minimum atomic E-state index is 0.682. The van der Waals surface area contributed by atoms with E-state index in [2.05, 4.69) is 32.7 Å². The number of aromatic nitrogens is 1. The van der Waals surface area contributed by atoms with E-state index in [0.717, 1.165) is 29.3 Å². The summed E-state index contributed by atoms with van der Waals surface area (Å²) in [6.07, 6.45) is 4.22. The number of alkyl halides is 1. The van der Waals surface area contributed by atoms with Crippen molar-refractivity contribution in [1.29, 1.82) is 0 Å². The summed E-state index contributed by atoms with van der Waals surface area (Å²) in [6, 6.07) is 2.03. The van der Waals surface area contributed by atoms with Gasteiger partial charge in [0.2, 0.25) is 0 Å². The Morgan fingerprint density at radius 3 is 2.81 bits per heavy atom. The van der Waals surface area contributed by atoms with Gasteiger partial charge in [-0.25, -0.2) is 4.98 Å². The number of hydrogen-bond acceptors (Lipinski definition) is 2. The van der Waals surface area contributed by atoms with Crippen molar-refractivity contribution in [3.63, 3.8) is 0 Å². The Bertz CT molecular complexity index is 362. The van der Waals surface area contributed by atoms with Gasteiger partial charge in [0.15, 0.2) is 0 Å². The van der Waals surface area contributed by atoms with E-state index in [4.69, 9.17) is 11.6 Å². The quantitative estimate of drug-likeness (QED) is 0.776. The monoisotopic (exact) mass is 302 g/mol. The topological polar surface area (TPSA) is 16.1 Å². The van der Waals surface area contributed by atoms with E-state index in [1.54, 1.807) is 0 Å². The Labute approximate surface area is 110 Å². The van der Waals surface area contributed by atoms with Crippen molar-refractivity contribution in [1.82, 2.24) is 4.98 Å². The molecule has 0 saturated carbocycles. The third-order valence-corrected chi connectivity index (χ3v) is 4.61. The van der Waals surface area contributed by atoms with Crippen LogP contribution in [0.2, 0.25) is 0 Å². The number of piperidine rings is 1. The van der Waals surface area contributed by atoms with Crippen LogP contribution in [0, 0.1) is 12.8 Å². The fourth-order valence-electron chi connectivity index (χ4n) is 2.05. The first kappa shape index (κ1) is 12.2. The first-order chi connectivity index (χ1) is 7.72. The highest BCUT2D eigenvalue weighted by Gasteiger charge is 2.21. The molecule has 0 atom stereocenters. The van der Waals surface area contributed by atoms with E-state index in [0.29, 0.717) is 5.92 Å². The van der Waals surface area contributed by atoms with E-state index in [-0.39, 0.29) is 0 Å². The molecule has 0 aromatic carbocycles. The van der Waals surface area contributed by atoms with Crippen molar-refractivity contribution in [2.45, 2.75) is 19.8 Å². The van der Waals surface area contributed by atoms with Crippen molar-refractivity contribution in [3.8, 4) is 0 Å². The molecule has 2 heterocycles. The zero-order valence-corrected chi connectivity index (χ0v) is 11.8. The zero-order valence-electron chi connectivity index (χ0n) is 9.42. The van der Waals surface area contributed by atoms with Gasteiger partial charge in [0.1, 0.15) is 5.82 Å². The maximum Gasteiger partial charge on any atom is 0.143 e.